The average Bonchev–Trinajstić information content (AvgIpc) is 3.09. The van der Waals surface area contributed by atoms with Gasteiger partial charge in [-0.2, -0.15) is 0 Å². The summed E-state index contributed by atoms with van der Waals surface area (Å²) in [7, 11) is 1.76. The van der Waals surface area contributed by atoms with Crippen LogP contribution in [0.25, 0.3) is 0 Å². The van der Waals surface area contributed by atoms with Crippen LogP contribution >= 0.6 is 0 Å². The fourth-order valence-corrected chi connectivity index (χ4v) is 4.07. The number of rotatable bonds is 3. The Morgan fingerprint density at radius 2 is 1.88 bits per heavy atom. The Morgan fingerprint density at radius 3 is 2.65 bits per heavy atom. The second-order valence-electron chi connectivity index (χ2n) is 7.40. The molecule has 0 bridgehead atoms. The van der Waals surface area contributed by atoms with Crippen LogP contribution in [0.1, 0.15) is 24.0 Å². The molecule has 26 heavy (non-hydrogen) atoms. The number of carbonyl (C=O) groups excluding carboxylic acids is 1. The van der Waals surface area contributed by atoms with E-state index in [0.717, 1.165) is 56.7 Å². The highest BCUT2D eigenvalue weighted by atomic mass is 16.2. The Hall–Kier alpha value is -2.40. The van der Waals surface area contributed by atoms with Crippen LogP contribution in [-0.2, 0) is 24.8 Å². The monoisotopic (exact) mass is 351 g/mol. The molecule has 0 unspecified atom stereocenters. The number of fused-ring (bicyclic) bond motifs is 1. The van der Waals surface area contributed by atoms with Crippen molar-refractivity contribution in [2.75, 3.05) is 24.5 Å². The first kappa shape index (κ1) is 17.0. The van der Waals surface area contributed by atoms with Gasteiger partial charge in [-0.3, -0.25) is 14.5 Å². The molecule has 0 saturated carbocycles. The summed E-state index contributed by atoms with van der Waals surface area (Å²) in [5.74, 6) is 0.393. The van der Waals surface area contributed by atoms with Gasteiger partial charge < -0.3 is 9.47 Å². The maximum atomic E-state index is 13.0. The SMILES string of the molecule is Cn1ccc(CN2CCC(C(=O)N3CCc4ccccc43)CC2)cc1=O. The van der Waals surface area contributed by atoms with Crippen molar-refractivity contribution in [3.05, 3.63) is 64.1 Å². The molecule has 2 aliphatic heterocycles. The van der Waals surface area contributed by atoms with Crippen molar-refractivity contribution in [1.29, 1.82) is 0 Å². The lowest BCUT2D eigenvalue weighted by molar-refractivity contribution is -0.123. The molecule has 0 aliphatic carbocycles. The average molecular weight is 351 g/mol. The topological polar surface area (TPSA) is 45.6 Å². The lowest BCUT2D eigenvalue weighted by Crippen LogP contribution is -2.42. The van der Waals surface area contributed by atoms with Gasteiger partial charge in [-0.15, -0.1) is 0 Å². The minimum Gasteiger partial charge on any atom is -0.319 e. The van der Waals surface area contributed by atoms with E-state index in [1.165, 1.54) is 5.56 Å². The van der Waals surface area contributed by atoms with E-state index in [-0.39, 0.29) is 17.4 Å². The van der Waals surface area contributed by atoms with Crippen LogP contribution in [0.4, 0.5) is 5.69 Å². The molecule has 1 aromatic carbocycles. The fourth-order valence-electron chi connectivity index (χ4n) is 4.07. The fraction of sp³-hybridized carbons (Fsp3) is 0.429. The zero-order valence-electron chi connectivity index (χ0n) is 15.2. The van der Waals surface area contributed by atoms with Crippen molar-refractivity contribution < 1.29 is 4.79 Å². The number of hydrogen-bond acceptors (Lipinski definition) is 3. The molecule has 0 N–H and O–H groups in total. The highest BCUT2D eigenvalue weighted by Crippen LogP contribution is 2.31. The molecular formula is C21H25N3O2. The van der Waals surface area contributed by atoms with Gasteiger partial charge in [0.2, 0.25) is 5.91 Å². The van der Waals surface area contributed by atoms with Gasteiger partial charge in [-0.05, 0) is 55.6 Å². The van der Waals surface area contributed by atoms with Crippen molar-refractivity contribution in [1.82, 2.24) is 9.47 Å². The number of anilines is 1. The summed E-state index contributed by atoms with van der Waals surface area (Å²) in [6.07, 6.45) is 4.56. The Kier molecular flexibility index (Phi) is 4.64. The van der Waals surface area contributed by atoms with Gasteiger partial charge in [0.15, 0.2) is 0 Å². The van der Waals surface area contributed by atoms with Gasteiger partial charge in [0.1, 0.15) is 0 Å². The molecule has 4 rings (SSSR count). The minimum atomic E-state index is 0.0280. The number of likely N-dealkylation sites (tertiary alicyclic amines) is 1. The van der Waals surface area contributed by atoms with Crippen molar-refractivity contribution in [3.63, 3.8) is 0 Å². The Bertz CT molecular complexity index is 866. The molecule has 2 aromatic rings. The summed E-state index contributed by atoms with van der Waals surface area (Å²) in [5.41, 5.74) is 3.45. The highest BCUT2D eigenvalue weighted by Gasteiger charge is 2.32. The molecule has 3 heterocycles. The smallest absolute Gasteiger partial charge is 0.250 e. The van der Waals surface area contributed by atoms with E-state index in [0.29, 0.717) is 0 Å². The van der Waals surface area contributed by atoms with E-state index in [2.05, 4.69) is 17.0 Å². The zero-order chi connectivity index (χ0) is 18.1. The third kappa shape index (κ3) is 3.31. The van der Waals surface area contributed by atoms with E-state index in [4.69, 9.17) is 0 Å². The number of aromatic nitrogens is 1. The largest absolute Gasteiger partial charge is 0.319 e. The number of nitrogens with zero attached hydrogens (tertiary/aromatic N) is 3. The van der Waals surface area contributed by atoms with Gasteiger partial charge in [0.05, 0.1) is 0 Å². The van der Waals surface area contributed by atoms with Gasteiger partial charge in [-0.1, -0.05) is 18.2 Å². The predicted molar refractivity (Wildman–Crippen MR) is 102 cm³/mol. The van der Waals surface area contributed by atoms with E-state index in [9.17, 15) is 9.59 Å². The van der Waals surface area contributed by atoms with Gasteiger partial charge >= 0.3 is 0 Å². The minimum absolute atomic E-state index is 0.0280. The highest BCUT2D eigenvalue weighted by molar-refractivity contribution is 5.97. The summed E-state index contributed by atoms with van der Waals surface area (Å²) < 4.78 is 1.59. The second-order valence-corrected chi connectivity index (χ2v) is 7.40. The van der Waals surface area contributed by atoms with Crippen molar-refractivity contribution in [2.45, 2.75) is 25.8 Å². The number of pyridine rings is 1. The summed E-state index contributed by atoms with van der Waals surface area (Å²) in [5, 5.41) is 0. The Labute approximate surface area is 153 Å². The third-order valence-electron chi connectivity index (χ3n) is 5.66. The van der Waals surface area contributed by atoms with Crippen LogP contribution < -0.4 is 10.5 Å². The molecule has 0 atom stereocenters. The van der Waals surface area contributed by atoms with Crippen molar-refractivity contribution >= 4 is 11.6 Å². The first-order valence-corrected chi connectivity index (χ1v) is 9.39. The van der Waals surface area contributed by atoms with Crippen LogP contribution in [0.3, 0.4) is 0 Å². The quantitative estimate of drug-likeness (QED) is 0.852. The molecule has 2 aliphatic rings. The third-order valence-corrected chi connectivity index (χ3v) is 5.66. The Balaban J connectivity index is 1.36. The number of benzene rings is 1. The summed E-state index contributed by atoms with van der Waals surface area (Å²) in [6.45, 7) is 3.40. The maximum absolute atomic E-state index is 13.0. The first-order chi connectivity index (χ1) is 12.6. The normalized spacial score (nSPS) is 18.1. The number of carbonyl (C=O) groups is 1. The van der Waals surface area contributed by atoms with E-state index >= 15 is 0 Å². The summed E-state index contributed by atoms with van der Waals surface area (Å²) in [6, 6.07) is 11.9. The van der Waals surface area contributed by atoms with Crippen LogP contribution in [-0.4, -0.2) is 35.0 Å². The van der Waals surface area contributed by atoms with Crippen molar-refractivity contribution in [2.24, 2.45) is 13.0 Å². The standard InChI is InChI=1S/C21H25N3O2/c1-22-10-6-16(14-20(22)25)15-23-11-7-18(8-12-23)21(26)24-13-9-17-4-2-3-5-19(17)24/h2-6,10,14,18H,7-9,11-13,15H2,1H3. The van der Waals surface area contributed by atoms with Crippen LogP contribution in [0.2, 0.25) is 0 Å². The van der Waals surface area contributed by atoms with Crippen LogP contribution in [0.5, 0.6) is 0 Å². The van der Waals surface area contributed by atoms with E-state index in [1.807, 2.05) is 29.3 Å². The van der Waals surface area contributed by atoms with Crippen LogP contribution in [0, 0.1) is 5.92 Å². The molecule has 5 heteroatoms. The maximum Gasteiger partial charge on any atom is 0.250 e. The van der Waals surface area contributed by atoms with E-state index < -0.39 is 0 Å². The number of amides is 1. The molecule has 1 amide bonds. The first-order valence-electron chi connectivity index (χ1n) is 9.39. The lowest BCUT2D eigenvalue weighted by atomic mass is 9.95. The number of hydrogen-bond donors (Lipinski definition) is 0. The number of aryl methyl sites for hydroxylation is 1. The van der Waals surface area contributed by atoms with Crippen molar-refractivity contribution in [3.8, 4) is 0 Å². The molecule has 0 spiro atoms. The summed E-state index contributed by atoms with van der Waals surface area (Å²) in [4.78, 5) is 29.1. The Morgan fingerprint density at radius 1 is 1.12 bits per heavy atom. The summed E-state index contributed by atoms with van der Waals surface area (Å²) >= 11 is 0. The molecule has 1 aromatic heterocycles. The van der Waals surface area contributed by atoms with Gasteiger partial charge in [-0.25, -0.2) is 0 Å². The molecule has 5 nitrogen and oxygen atoms in total. The molecule has 0 radical (unpaired) electrons. The molecular weight excluding hydrogens is 326 g/mol. The predicted octanol–water partition coefficient (Wildman–Crippen LogP) is 2.19. The lowest BCUT2D eigenvalue weighted by Gasteiger charge is -2.33. The molecule has 1 saturated heterocycles. The van der Waals surface area contributed by atoms with Gasteiger partial charge in [0, 0.05) is 44.0 Å². The molecule has 136 valence electrons. The van der Waals surface area contributed by atoms with E-state index in [1.54, 1.807) is 17.7 Å². The molecule has 1 fully saturated rings. The van der Waals surface area contributed by atoms with Gasteiger partial charge in [0.25, 0.3) is 5.56 Å². The second kappa shape index (κ2) is 7.08. The zero-order valence-corrected chi connectivity index (χ0v) is 15.2. The van der Waals surface area contributed by atoms with Crippen LogP contribution in [0.15, 0.2) is 47.4 Å². The number of piperidine rings is 1. The number of para-hydroxylation sites is 1.